The van der Waals surface area contributed by atoms with E-state index in [1.807, 2.05) is 0 Å². The highest BCUT2D eigenvalue weighted by Gasteiger charge is 2.33. The third-order valence-corrected chi connectivity index (χ3v) is 2.62. The van der Waals surface area contributed by atoms with E-state index in [0.29, 0.717) is 0 Å². The summed E-state index contributed by atoms with van der Waals surface area (Å²) in [5.41, 5.74) is -1.20. The average molecular weight is 312 g/mol. The number of aromatic nitrogens is 6. The highest BCUT2D eigenvalue weighted by molar-refractivity contribution is 5.46. The van der Waals surface area contributed by atoms with Gasteiger partial charge in [0, 0.05) is 12.3 Å². The highest BCUT2D eigenvalue weighted by Crippen LogP contribution is 2.27. The monoisotopic (exact) mass is 312 g/mol. The second kappa shape index (κ2) is 5.09. The number of hydrogen-bond acceptors (Lipinski definition) is 6. The van der Waals surface area contributed by atoms with Crippen LogP contribution in [-0.2, 0) is 12.7 Å². The van der Waals surface area contributed by atoms with Crippen LogP contribution in [0, 0.1) is 0 Å². The van der Waals surface area contributed by atoms with Gasteiger partial charge in [-0.1, -0.05) is 5.16 Å². The first-order valence-corrected chi connectivity index (χ1v) is 5.88. The van der Waals surface area contributed by atoms with Crippen molar-refractivity contribution >= 4 is 0 Å². The van der Waals surface area contributed by atoms with E-state index in [1.165, 1.54) is 12.4 Å². The van der Waals surface area contributed by atoms with Gasteiger partial charge in [0.2, 0.25) is 11.7 Å². The molecule has 114 valence electrons. The van der Waals surface area contributed by atoms with Gasteiger partial charge in [0.25, 0.3) is 5.56 Å². The van der Waals surface area contributed by atoms with E-state index in [2.05, 4.69) is 25.1 Å². The van der Waals surface area contributed by atoms with E-state index in [0.717, 1.165) is 17.1 Å². The molecule has 0 radical (unpaired) electrons. The number of imidazole rings is 1. The fourth-order valence-electron chi connectivity index (χ4n) is 1.66. The van der Waals surface area contributed by atoms with Crippen LogP contribution < -0.4 is 5.56 Å². The van der Waals surface area contributed by atoms with E-state index in [1.54, 1.807) is 0 Å². The summed E-state index contributed by atoms with van der Waals surface area (Å²) in [4.78, 5) is 24.6. The van der Waals surface area contributed by atoms with Crippen LogP contribution >= 0.6 is 0 Å². The molecule has 1 N–H and O–H groups in total. The van der Waals surface area contributed by atoms with Gasteiger partial charge < -0.3 is 14.1 Å². The van der Waals surface area contributed by atoms with Crippen LogP contribution in [-0.4, -0.2) is 29.7 Å². The van der Waals surface area contributed by atoms with Crippen LogP contribution in [0.25, 0.3) is 11.5 Å². The molecular weight excluding hydrogens is 305 g/mol. The van der Waals surface area contributed by atoms with E-state index >= 15 is 0 Å². The Kier molecular flexibility index (Phi) is 3.23. The van der Waals surface area contributed by atoms with Gasteiger partial charge >= 0.3 is 6.18 Å². The van der Waals surface area contributed by atoms with Crippen LogP contribution in [0.15, 0.2) is 34.2 Å². The molecule has 11 heteroatoms. The molecule has 3 rings (SSSR count). The minimum atomic E-state index is -4.51. The molecule has 0 aromatic carbocycles. The molecule has 3 aromatic rings. The molecule has 0 bridgehead atoms. The molecule has 0 unspecified atom stereocenters. The van der Waals surface area contributed by atoms with Gasteiger partial charge in [-0.25, -0.2) is 9.97 Å². The number of halogens is 3. The van der Waals surface area contributed by atoms with E-state index in [-0.39, 0.29) is 29.5 Å². The van der Waals surface area contributed by atoms with Gasteiger partial charge in [0.1, 0.15) is 12.2 Å². The van der Waals surface area contributed by atoms with Crippen LogP contribution in [0.3, 0.4) is 0 Å². The zero-order valence-corrected chi connectivity index (χ0v) is 10.7. The third kappa shape index (κ3) is 2.87. The van der Waals surface area contributed by atoms with Gasteiger partial charge in [-0.15, -0.1) is 0 Å². The fraction of sp³-hybridized carbons (Fsp3) is 0.182. The predicted molar refractivity (Wildman–Crippen MR) is 64.5 cm³/mol. The van der Waals surface area contributed by atoms with Crippen LogP contribution in [0.2, 0.25) is 0 Å². The standard InChI is InChI=1S/C11H7F3N6O2/c12-11(13,14)7-2-20(5-17-7)3-9-18-10(19-22-9)6-1-8(21)16-4-15-6/h1-2,4-5H,3H2,(H,15,16,21). The summed E-state index contributed by atoms with van der Waals surface area (Å²) in [7, 11) is 0. The van der Waals surface area contributed by atoms with Crippen molar-refractivity contribution in [1.29, 1.82) is 0 Å². The van der Waals surface area contributed by atoms with Crippen molar-refractivity contribution < 1.29 is 17.7 Å². The third-order valence-electron chi connectivity index (χ3n) is 2.62. The first-order valence-electron chi connectivity index (χ1n) is 5.88. The summed E-state index contributed by atoms with van der Waals surface area (Å²) >= 11 is 0. The van der Waals surface area contributed by atoms with E-state index in [4.69, 9.17) is 4.52 Å². The Morgan fingerprint density at radius 3 is 2.82 bits per heavy atom. The zero-order chi connectivity index (χ0) is 15.7. The van der Waals surface area contributed by atoms with Crippen molar-refractivity contribution in [2.45, 2.75) is 12.7 Å². The number of alkyl halides is 3. The Bertz CT molecular complexity index is 850. The lowest BCUT2D eigenvalue weighted by atomic mass is 10.4. The molecule has 3 heterocycles. The summed E-state index contributed by atoms with van der Waals surface area (Å²) in [6.45, 7) is -0.0841. The Balaban J connectivity index is 1.80. The van der Waals surface area contributed by atoms with Gasteiger partial charge in [0.05, 0.1) is 12.7 Å². The second-order valence-corrected chi connectivity index (χ2v) is 4.24. The number of hydrogen-bond donors (Lipinski definition) is 1. The Morgan fingerprint density at radius 2 is 2.14 bits per heavy atom. The lowest BCUT2D eigenvalue weighted by Crippen LogP contribution is -2.05. The molecule has 0 aliphatic carbocycles. The van der Waals surface area contributed by atoms with Crippen molar-refractivity contribution in [3.63, 3.8) is 0 Å². The Hall–Kier alpha value is -2.98. The van der Waals surface area contributed by atoms with E-state index < -0.39 is 11.9 Å². The molecule has 0 fully saturated rings. The quantitative estimate of drug-likeness (QED) is 0.776. The zero-order valence-electron chi connectivity index (χ0n) is 10.7. The predicted octanol–water partition coefficient (Wildman–Crippen LogP) is 1.08. The summed E-state index contributed by atoms with van der Waals surface area (Å²) in [5.74, 6) is 0.125. The first-order chi connectivity index (χ1) is 10.4. The normalized spacial score (nSPS) is 11.8. The van der Waals surface area contributed by atoms with Gasteiger partial charge in [-0.05, 0) is 0 Å². The maximum Gasteiger partial charge on any atom is 0.434 e. The molecule has 0 aliphatic heterocycles. The minimum absolute atomic E-state index is 0.0585. The minimum Gasteiger partial charge on any atom is -0.337 e. The van der Waals surface area contributed by atoms with Gasteiger partial charge in [0.15, 0.2) is 5.69 Å². The summed E-state index contributed by atoms with van der Waals surface area (Å²) in [6.07, 6.45) is -1.49. The van der Waals surface area contributed by atoms with Crippen LogP contribution in [0.4, 0.5) is 13.2 Å². The highest BCUT2D eigenvalue weighted by atomic mass is 19.4. The summed E-state index contributed by atoms with van der Waals surface area (Å²) in [5, 5.41) is 3.62. The number of aromatic amines is 1. The topological polar surface area (TPSA) is 102 Å². The molecular formula is C11H7F3N6O2. The molecule has 0 atom stereocenters. The summed E-state index contributed by atoms with van der Waals surface area (Å²) < 4.78 is 43.4. The second-order valence-electron chi connectivity index (χ2n) is 4.24. The largest absolute Gasteiger partial charge is 0.434 e. The number of H-pyrrole nitrogens is 1. The van der Waals surface area contributed by atoms with Gasteiger partial charge in [-0.2, -0.15) is 18.2 Å². The molecule has 22 heavy (non-hydrogen) atoms. The lowest BCUT2D eigenvalue weighted by molar-refractivity contribution is -0.140. The molecule has 3 aromatic heterocycles. The molecule has 0 saturated heterocycles. The van der Waals surface area contributed by atoms with Crippen molar-refractivity contribution in [1.82, 2.24) is 29.7 Å². The summed E-state index contributed by atoms with van der Waals surface area (Å²) in [6, 6.07) is 1.17. The van der Waals surface area contributed by atoms with Crippen molar-refractivity contribution in [2.24, 2.45) is 0 Å². The first kappa shape index (κ1) is 14.0. The molecule has 0 saturated carbocycles. The molecule has 0 aliphatic rings. The lowest BCUT2D eigenvalue weighted by Gasteiger charge is -1.99. The van der Waals surface area contributed by atoms with Crippen molar-refractivity contribution in [3.05, 3.63) is 46.9 Å². The molecule has 8 nitrogen and oxygen atoms in total. The number of rotatable bonds is 3. The smallest absolute Gasteiger partial charge is 0.337 e. The van der Waals surface area contributed by atoms with Crippen molar-refractivity contribution in [2.75, 3.05) is 0 Å². The maximum atomic E-state index is 12.4. The SMILES string of the molecule is O=c1cc(-c2noc(Cn3cnc(C(F)(F)F)c3)n2)nc[nH]1. The van der Waals surface area contributed by atoms with E-state index in [9.17, 15) is 18.0 Å². The fourth-order valence-corrected chi connectivity index (χ4v) is 1.66. The van der Waals surface area contributed by atoms with Crippen LogP contribution in [0.1, 0.15) is 11.6 Å². The molecule has 0 spiro atoms. The number of nitrogens with zero attached hydrogens (tertiary/aromatic N) is 5. The number of nitrogens with one attached hydrogen (secondary N) is 1. The van der Waals surface area contributed by atoms with Crippen LogP contribution in [0.5, 0.6) is 0 Å². The van der Waals surface area contributed by atoms with Crippen molar-refractivity contribution in [3.8, 4) is 11.5 Å². The Morgan fingerprint density at radius 1 is 1.32 bits per heavy atom. The Labute approximate surface area is 119 Å². The molecule has 0 amide bonds. The average Bonchev–Trinajstić information content (AvgIpc) is 3.08. The maximum absolute atomic E-state index is 12.4. The van der Waals surface area contributed by atoms with Gasteiger partial charge in [-0.3, -0.25) is 4.79 Å².